The maximum atomic E-state index is 12.9. The Hall–Kier alpha value is -2.08. The van der Waals surface area contributed by atoms with Gasteiger partial charge in [-0.3, -0.25) is 4.79 Å². The van der Waals surface area contributed by atoms with Gasteiger partial charge < -0.3 is 15.8 Å². The predicted molar refractivity (Wildman–Crippen MR) is 83.7 cm³/mol. The van der Waals surface area contributed by atoms with Crippen LogP contribution in [-0.4, -0.2) is 12.5 Å². The van der Waals surface area contributed by atoms with Crippen molar-refractivity contribution in [3.8, 4) is 5.75 Å². The Balaban J connectivity index is 1.82. The lowest BCUT2D eigenvalue weighted by atomic mass is 10.2. The minimum absolute atomic E-state index is 0.170. The standard InChI is InChI=1S/C15H14BrFN2O2/c16-10-2-1-3-12(8-10)21-7-6-15(20)19-14-5-4-11(17)9-13(14)18/h1-5,8-9H,6-7,18H2,(H,19,20). The maximum absolute atomic E-state index is 12.9. The van der Waals surface area contributed by atoms with Crippen molar-refractivity contribution in [3.63, 3.8) is 0 Å². The molecule has 0 saturated carbocycles. The van der Waals surface area contributed by atoms with Gasteiger partial charge in [-0.25, -0.2) is 4.39 Å². The van der Waals surface area contributed by atoms with Crippen LogP contribution in [0.3, 0.4) is 0 Å². The molecule has 0 aliphatic rings. The van der Waals surface area contributed by atoms with Gasteiger partial charge in [-0.1, -0.05) is 22.0 Å². The van der Waals surface area contributed by atoms with Crippen LogP contribution in [0.1, 0.15) is 6.42 Å². The van der Waals surface area contributed by atoms with E-state index in [4.69, 9.17) is 10.5 Å². The maximum Gasteiger partial charge on any atom is 0.227 e. The molecule has 0 spiro atoms. The molecule has 0 heterocycles. The molecule has 0 saturated heterocycles. The van der Waals surface area contributed by atoms with E-state index in [0.717, 1.165) is 10.5 Å². The van der Waals surface area contributed by atoms with Crippen LogP contribution >= 0.6 is 15.9 Å². The Labute approximate surface area is 130 Å². The number of amides is 1. The molecule has 1 amide bonds. The number of hydrogen-bond donors (Lipinski definition) is 2. The highest BCUT2D eigenvalue weighted by atomic mass is 79.9. The SMILES string of the molecule is Nc1cc(F)ccc1NC(=O)CCOc1cccc(Br)c1. The van der Waals surface area contributed by atoms with Crippen LogP contribution in [0.25, 0.3) is 0 Å². The van der Waals surface area contributed by atoms with Gasteiger partial charge in [0.05, 0.1) is 24.4 Å². The topological polar surface area (TPSA) is 64.3 Å². The second kappa shape index (κ2) is 7.08. The van der Waals surface area contributed by atoms with E-state index in [1.807, 2.05) is 18.2 Å². The largest absolute Gasteiger partial charge is 0.493 e. The van der Waals surface area contributed by atoms with Crippen molar-refractivity contribution < 1.29 is 13.9 Å². The third kappa shape index (κ3) is 4.75. The summed E-state index contributed by atoms with van der Waals surface area (Å²) in [6.07, 6.45) is 0.170. The molecule has 21 heavy (non-hydrogen) atoms. The zero-order valence-electron chi connectivity index (χ0n) is 11.1. The summed E-state index contributed by atoms with van der Waals surface area (Å²) in [5.74, 6) is -0.00902. The molecule has 0 fully saturated rings. The van der Waals surface area contributed by atoms with Gasteiger partial charge in [-0.2, -0.15) is 0 Å². The molecule has 2 aromatic carbocycles. The Morgan fingerprint density at radius 2 is 2.10 bits per heavy atom. The lowest BCUT2D eigenvalue weighted by molar-refractivity contribution is -0.116. The van der Waals surface area contributed by atoms with Crippen LogP contribution in [0.4, 0.5) is 15.8 Å². The summed E-state index contributed by atoms with van der Waals surface area (Å²) in [4.78, 5) is 11.8. The fourth-order valence-corrected chi connectivity index (χ4v) is 2.06. The second-order valence-electron chi connectivity index (χ2n) is 4.34. The number of rotatable bonds is 5. The number of nitrogens with one attached hydrogen (secondary N) is 1. The Kier molecular flexibility index (Phi) is 5.16. The van der Waals surface area contributed by atoms with Crippen LogP contribution < -0.4 is 15.8 Å². The van der Waals surface area contributed by atoms with E-state index in [2.05, 4.69) is 21.2 Å². The molecule has 4 nitrogen and oxygen atoms in total. The predicted octanol–water partition coefficient (Wildman–Crippen LogP) is 3.58. The number of ether oxygens (including phenoxy) is 1. The zero-order valence-corrected chi connectivity index (χ0v) is 12.7. The molecule has 0 bridgehead atoms. The van der Waals surface area contributed by atoms with Gasteiger partial charge in [0.25, 0.3) is 0 Å². The van der Waals surface area contributed by atoms with Crippen molar-refractivity contribution in [2.75, 3.05) is 17.7 Å². The van der Waals surface area contributed by atoms with Crippen molar-refractivity contribution in [2.45, 2.75) is 6.42 Å². The van der Waals surface area contributed by atoms with E-state index >= 15 is 0 Å². The van der Waals surface area contributed by atoms with E-state index in [-0.39, 0.29) is 24.6 Å². The molecule has 2 aromatic rings. The van der Waals surface area contributed by atoms with Gasteiger partial charge in [0.2, 0.25) is 5.91 Å². The molecular weight excluding hydrogens is 339 g/mol. The number of carbonyl (C=O) groups excluding carboxylic acids is 1. The summed E-state index contributed by atoms with van der Waals surface area (Å²) in [6.45, 7) is 0.239. The molecule has 3 N–H and O–H groups in total. The summed E-state index contributed by atoms with van der Waals surface area (Å²) >= 11 is 3.34. The van der Waals surface area contributed by atoms with E-state index < -0.39 is 5.82 Å². The first-order chi connectivity index (χ1) is 10.0. The van der Waals surface area contributed by atoms with Crippen molar-refractivity contribution in [1.82, 2.24) is 0 Å². The molecule has 0 unspecified atom stereocenters. The lowest BCUT2D eigenvalue weighted by Gasteiger charge is -2.09. The molecule has 2 rings (SSSR count). The van der Waals surface area contributed by atoms with E-state index in [1.165, 1.54) is 12.1 Å². The quantitative estimate of drug-likeness (QED) is 0.808. The average molecular weight is 353 g/mol. The van der Waals surface area contributed by atoms with E-state index in [0.29, 0.717) is 11.4 Å². The normalized spacial score (nSPS) is 10.2. The number of carbonyl (C=O) groups is 1. The Bertz CT molecular complexity index is 649. The number of halogens is 2. The fraction of sp³-hybridized carbons (Fsp3) is 0.133. The van der Waals surface area contributed by atoms with Gasteiger partial charge in [-0.05, 0) is 36.4 Å². The average Bonchev–Trinajstić information content (AvgIpc) is 2.42. The highest BCUT2D eigenvalue weighted by Gasteiger charge is 2.06. The minimum Gasteiger partial charge on any atom is -0.493 e. The summed E-state index contributed by atoms with van der Waals surface area (Å²) in [5.41, 5.74) is 6.20. The first-order valence-electron chi connectivity index (χ1n) is 6.28. The van der Waals surface area contributed by atoms with Crippen molar-refractivity contribution in [3.05, 3.63) is 52.8 Å². The monoisotopic (exact) mass is 352 g/mol. The van der Waals surface area contributed by atoms with Gasteiger partial charge in [0.15, 0.2) is 0 Å². The van der Waals surface area contributed by atoms with Gasteiger partial charge >= 0.3 is 0 Å². The number of nitrogen functional groups attached to an aromatic ring is 1. The number of anilines is 2. The molecule has 110 valence electrons. The minimum atomic E-state index is -0.441. The van der Waals surface area contributed by atoms with Gasteiger partial charge in [-0.15, -0.1) is 0 Å². The third-order valence-electron chi connectivity index (χ3n) is 2.68. The summed E-state index contributed by atoms with van der Waals surface area (Å²) in [6, 6.07) is 11.2. The van der Waals surface area contributed by atoms with Crippen LogP contribution in [0.5, 0.6) is 5.75 Å². The number of hydrogen-bond acceptors (Lipinski definition) is 3. The zero-order chi connectivity index (χ0) is 15.2. The Morgan fingerprint density at radius 1 is 1.29 bits per heavy atom. The van der Waals surface area contributed by atoms with Crippen LogP contribution in [0.2, 0.25) is 0 Å². The van der Waals surface area contributed by atoms with Crippen LogP contribution in [0, 0.1) is 5.82 Å². The number of nitrogens with two attached hydrogens (primary N) is 1. The summed E-state index contributed by atoms with van der Waals surface area (Å²) in [5, 5.41) is 2.62. The summed E-state index contributed by atoms with van der Waals surface area (Å²) in [7, 11) is 0. The third-order valence-corrected chi connectivity index (χ3v) is 3.17. The van der Waals surface area contributed by atoms with Crippen molar-refractivity contribution in [1.29, 1.82) is 0 Å². The molecule has 0 aromatic heterocycles. The highest BCUT2D eigenvalue weighted by molar-refractivity contribution is 9.10. The van der Waals surface area contributed by atoms with Crippen LogP contribution in [0.15, 0.2) is 46.9 Å². The molecule has 0 atom stereocenters. The first-order valence-corrected chi connectivity index (χ1v) is 7.07. The van der Waals surface area contributed by atoms with Crippen molar-refractivity contribution in [2.24, 2.45) is 0 Å². The first kappa shape index (κ1) is 15.3. The fourth-order valence-electron chi connectivity index (χ4n) is 1.68. The van der Waals surface area contributed by atoms with E-state index in [1.54, 1.807) is 6.07 Å². The molecule has 0 aliphatic carbocycles. The highest BCUT2D eigenvalue weighted by Crippen LogP contribution is 2.20. The second-order valence-corrected chi connectivity index (χ2v) is 5.25. The summed E-state index contributed by atoms with van der Waals surface area (Å²) < 4.78 is 19.3. The smallest absolute Gasteiger partial charge is 0.227 e. The van der Waals surface area contributed by atoms with E-state index in [9.17, 15) is 9.18 Å². The van der Waals surface area contributed by atoms with Gasteiger partial charge in [0.1, 0.15) is 11.6 Å². The molecular formula is C15H14BrFN2O2. The van der Waals surface area contributed by atoms with Crippen LogP contribution in [-0.2, 0) is 4.79 Å². The Morgan fingerprint density at radius 3 is 2.81 bits per heavy atom. The molecule has 6 heteroatoms. The molecule has 0 radical (unpaired) electrons. The number of benzene rings is 2. The lowest BCUT2D eigenvalue weighted by Crippen LogP contribution is -2.16. The van der Waals surface area contributed by atoms with Gasteiger partial charge in [0, 0.05) is 4.47 Å². The molecule has 0 aliphatic heterocycles. The van der Waals surface area contributed by atoms with Crippen molar-refractivity contribution >= 4 is 33.2 Å².